The van der Waals surface area contributed by atoms with E-state index in [1.54, 1.807) is 0 Å². The normalized spacial score (nSPS) is 15.4. The summed E-state index contributed by atoms with van der Waals surface area (Å²) in [5.41, 5.74) is 2.55. The van der Waals surface area contributed by atoms with Crippen molar-refractivity contribution in [2.45, 2.75) is 19.4 Å². The van der Waals surface area contributed by atoms with Crippen LogP contribution in [0.1, 0.15) is 18.0 Å². The van der Waals surface area contributed by atoms with Crippen molar-refractivity contribution in [1.29, 1.82) is 0 Å². The van der Waals surface area contributed by atoms with E-state index in [9.17, 15) is 9.59 Å². The molecular weight excluding hydrogens is 330 g/mol. The van der Waals surface area contributed by atoms with Gasteiger partial charge in [-0.05, 0) is 18.6 Å². The standard InChI is InChI=1S/C19H17N5O2/c1-12-7-5-6-10-14(12)20-16(25)11-15-18(26)22-19-21-17(23-24(15)19)13-8-3-2-4-9-13/h2-10,15H,11H2,1H3,(H,20,25)(H,21,22,23,26). The van der Waals surface area contributed by atoms with Crippen molar-refractivity contribution in [3.8, 4) is 11.4 Å². The number of fused-ring (bicyclic) bond motifs is 1. The number of aromatic nitrogens is 3. The van der Waals surface area contributed by atoms with Gasteiger partial charge in [0.15, 0.2) is 5.82 Å². The molecule has 130 valence electrons. The number of rotatable bonds is 4. The fraction of sp³-hybridized carbons (Fsp3) is 0.158. The van der Waals surface area contributed by atoms with E-state index in [0.717, 1.165) is 16.8 Å². The molecule has 2 aromatic carbocycles. The lowest BCUT2D eigenvalue weighted by Gasteiger charge is -2.11. The van der Waals surface area contributed by atoms with Crippen molar-refractivity contribution in [3.63, 3.8) is 0 Å². The zero-order valence-electron chi connectivity index (χ0n) is 14.1. The summed E-state index contributed by atoms with van der Waals surface area (Å²) in [6, 6.07) is 16.3. The van der Waals surface area contributed by atoms with Gasteiger partial charge in [-0.3, -0.25) is 14.9 Å². The minimum Gasteiger partial charge on any atom is -0.326 e. The van der Waals surface area contributed by atoms with E-state index in [4.69, 9.17) is 0 Å². The molecule has 26 heavy (non-hydrogen) atoms. The first kappa shape index (κ1) is 16.0. The van der Waals surface area contributed by atoms with Crippen molar-refractivity contribution in [2.75, 3.05) is 10.6 Å². The highest BCUT2D eigenvalue weighted by Gasteiger charge is 2.35. The van der Waals surface area contributed by atoms with Gasteiger partial charge in [0.25, 0.3) is 5.91 Å². The Morgan fingerprint density at radius 1 is 1.15 bits per heavy atom. The van der Waals surface area contributed by atoms with Crippen LogP contribution in [-0.4, -0.2) is 26.6 Å². The molecule has 1 atom stereocenters. The molecule has 1 aliphatic heterocycles. The Morgan fingerprint density at radius 2 is 1.88 bits per heavy atom. The predicted molar refractivity (Wildman–Crippen MR) is 97.6 cm³/mol. The Balaban J connectivity index is 1.53. The number of nitrogens with one attached hydrogen (secondary N) is 2. The summed E-state index contributed by atoms with van der Waals surface area (Å²) in [7, 11) is 0. The minimum atomic E-state index is -0.709. The average Bonchev–Trinajstić information content (AvgIpc) is 3.17. The third-order valence-electron chi connectivity index (χ3n) is 4.29. The predicted octanol–water partition coefficient (Wildman–Crippen LogP) is 2.78. The van der Waals surface area contributed by atoms with Gasteiger partial charge in [0.1, 0.15) is 6.04 Å². The van der Waals surface area contributed by atoms with Gasteiger partial charge in [0.05, 0.1) is 6.42 Å². The van der Waals surface area contributed by atoms with Crippen LogP contribution in [0.5, 0.6) is 0 Å². The summed E-state index contributed by atoms with van der Waals surface area (Å²) >= 11 is 0. The molecule has 1 aromatic heterocycles. The van der Waals surface area contributed by atoms with Crippen LogP contribution < -0.4 is 10.6 Å². The summed E-state index contributed by atoms with van der Waals surface area (Å²) < 4.78 is 1.49. The Morgan fingerprint density at radius 3 is 2.65 bits per heavy atom. The number of anilines is 2. The minimum absolute atomic E-state index is 0.00917. The van der Waals surface area contributed by atoms with Crippen LogP contribution in [0.3, 0.4) is 0 Å². The molecule has 0 saturated heterocycles. The second-order valence-corrected chi connectivity index (χ2v) is 6.14. The number of amides is 2. The number of hydrogen-bond acceptors (Lipinski definition) is 4. The highest BCUT2D eigenvalue weighted by Crippen LogP contribution is 2.28. The lowest BCUT2D eigenvalue weighted by Crippen LogP contribution is -2.24. The molecule has 0 saturated carbocycles. The van der Waals surface area contributed by atoms with E-state index in [1.807, 2.05) is 61.5 Å². The maximum absolute atomic E-state index is 12.4. The molecule has 2 heterocycles. The van der Waals surface area contributed by atoms with Gasteiger partial charge in [-0.25, -0.2) is 4.68 Å². The van der Waals surface area contributed by atoms with E-state index < -0.39 is 6.04 Å². The van der Waals surface area contributed by atoms with E-state index in [-0.39, 0.29) is 18.2 Å². The fourth-order valence-electron chi connectivity index (χ4n) is 2.91. The molecule has 0 fully saturated rings. The largest absolute Gasteiger partial charge is 0.326 e. The number of para-hydroxylation sites is 1. The lowest BCUT2D eigenvalue weighted by atomic mass is 10.1. The summed E-state index contributed by atoms with van der Waals surface area (Å²) in [4.78, 5) is 29.0. The third-order valence-corrected chi connectivity index (χ3v) is 4.29. The van der Waals surface area contributed by atoms with Crippen LogP contribution in [0.2, 0.25) is 0 Å². The SMILES string of the molecule is Cc1ccccc1NC(=O)CC1C(=O)Nc2nc(-c3ccccc3)nn21. The van der Waals surface area contributed by atoms with Crippen LogP contribution in [-0.2, 0) is 9.59 Å². The first-order chi connectivity index (χ1) is 12.6. The summed E-state index contributed by atoms with van der Waals surface area (Å²) in [6.45, 7) is 1.92. The van der Waals surface area contributed by atoms with Crippen LogP contribution in [0.25, 0.3) is 11.4 Å². The topological polar surface area (TPSA) is 88.9 Å². The summed E-state index contributed by atoms with van der Waals surface area (Å²) in [5.74, 6) is 0.357. The molecule has 4 rings (SSSR count). The van der Waals surface area contributed by atoms with Gasteiger partial charge in [-0.2, -0.15) is 4.98 Å². The molecule has 0 bridgehead atoms. The van der Waals surface area contributed by atoms with Gasteiger partial charge < -0.3 is 5.32 Å². The molecule has 0 radical (unpaired) electrons. The number of hydrogen-bond donors (Lipinski definition) is 2. The van der Waals surface area contributed by atoms with Crippen LogP contribution in [0.15, 0.2) is 54.6 Å². The van der Waals surface area contributed by atoms with E-state index in [1.165, 1.54) is 4.68 Å². The Kier molecular flexibility index (Phi) is 3.96. The van der Waals surface area contributed by atoms with Gasteiger partial charge >= 0.3 is 0 Å². The van der Waals surface area contributed by atoms with Gasteiger partial charge in [-0.1, -0.05) is 48.5 Å². The maximum atomic E-state index is 12.4. The number of carbonyl (C=O) groups is 2. The maximum Gasteiger partial charge on any atom is 0.252 e. The first-order valence-corrected chi connectivity index (χ1v) is 8.30. The summed E-state index contributed by atoms with van der Waals surface area (Å²) in [5, 5.41) is 9.95. The molecule has 7 nitrogen and oxygen atoms in total. The highest BCUT2D eigenvalue weighted by atomic mass is 16.2. The van der Waals surface area contributed by atoms with E-state index >= 15 is 0 Å². The van der Waals surface area contributed by atoms with Crippen molar-refractivity contribution in [2.24, 2.45) is 0 Å². The number of benzene rings is 2. The lowest BCUT2D eigenvalue weighted by molar-refractivity contribution is -0.123. The van der Waals surface area contributed by atoms with Crippen molar-refractivity contribution in [3.05, 3.63) is 60.2 Å². The number of aryl methyl sites for hydroxylation is 1. The van der Waals surface area contributed by atoms with E-state index in [0.29, 0.717) is 11.8 Å². The first-order valence-electron chi connectivity index (χ1n) is 8.30. The second kappa shape index (κ2) is 6.44. The zero-order chi connectivity index (χ0) is 18.1. The van der Waals surface area contributed by atoms with Crippen LogP contribution >= 0.6 is 0 Å². The van der Waals surface area contributed by atoms with Crippen LogP contribution in [0.4, 0.5) is 11.6 Å². The van der Waals surface area contributed by atoms with Gasteiger partial charge in [0, 0.05) is 11.3 Å². The highest BCUT2D eigenvalue weighted by molar-refractivity contribution is 6.01. The average molecular weight is 347 g/mol. The molecular formula is C19H17N5O2. The number of carbonyl (C=O) groups excluding carboxylic acids is 2. The second-order valence-electron chi connectivity index (χ2n) is 6.14. The van der Waals surface area contributed by atoms with Gasteiger partial charge in [0.2, 0.25) is 11.9 Å². The quantitative estimate of drug-likeness (QED) is 0.759. The Bertz CT molecular complexity index is 981. The molecule has 0 aliphatic carbocycles. The number of nitrogens with zero attached hydrogens (tertiary/aromatic N) is 3. The zero-order valence-corrected chi connectivity index (χ0v) is 14.1. The monoisotopic (exact) mass is 347 g/mol. The fourth-order valence-corrected chi connectivity index (χ4v) is 2.91. The smallest absolute Gasteiger partial charge is 0.252 e. The summed E-state index contributed by atoms with van der Waals surface area (Å²) in [6.07, 6.45) is -0.00917. The Labute approximate surface area is 150 Å². The Hall–Kier alpha value is -3.48. The van der Waals surface area contributed by atoms with Crippen molar-refractivity contribution in [1.82, 2.24) is 14.8 Å². The molecule has 2 amide bonds. The van der Waals surface area contributed by atoms with Crippen LogP contribution in [0, 0.1) is 6.92 Å². The molecule has 2 N–H and O–H groups in total. The van der Waals surface area contributed by atoms with Crippen molar-refractivity contribution < 1.29 is 9.59 Å². The molecule has 0 spiro atoms. The van der Waals surface area contributed by atoms with E-state index in [2.05, 4.69) is 20.7 Å². The van der Waals surface area contributed by atoms with Gasteiger partial charge in [-0.15, -0.1) is 5.10 Å². The van der Waals surface area contributed by atoms with Crippen molar-refractivity contribution >= 4 is 23.5 Å². The third kappa shape index (κ3) is 2.95. The molecule has 7 heteroatoms. The molecule has 1 unspecified atom stereocenters. The molecule has 1 aliphatic rings. The molecule has 3 aromatic rings.